The molecule has 0 fully saturated rings. The molecule has 0 spiro atoms. The van der Waals surface area contributed by atoms with Gasteiger partial charge in [-0.2, -0.15) is 0 Å². The second kappa shape index (κ2) is 6.95. The minimum Gasteiger partial charge on any atom is -0.376 e. The van der Waals surface area contributed by atoms with Crippen LogP contribution in [-0.4, -0.2) is 18.4 Å². The van der Waals surface area contributed by atoms with Gasteiger partial charge in [-0.1, -0.05) is 23.7 Å². The third-order valence-corrected chi connectivity index (χ3v) is 3.30. The highest BCUT2D eigenvalue weighted by atomic mass is 35.5. The Bertz CT molecular complexity index is 716. The van der Waals surface area contributed by atoms with Crippen LogP contribution in [0.1, 0.15) is 15.9 Å². The first kappa shape index (κ1) is 15.9. The Kier molecular flexibility index (Phi) is 5.01. The third-order valence-electron chi connectivity index (χ3n) is 3.07. The fourth-order valence-electron chi connectivity index (χ4n) is 1.92. The van der Waals surface area contributed by atoms with E-state index in [4.69, 9.17) is 17.3 Å². The Labute approximate surface area is 133 Å². The fourth-order valence-corrected chi connectivity index (χ4v) is 2.09. The molecule has 0 saturated carbocycles. The maximum Gasteiger partial charge on any atom is 0.248 e. The van der Waals surface area contributed by atoms with E-state index < -0.39 is 5.91 Å². The highest BCUT2D eigenvalue weighted by Crippen LogP contribution is 2.20. The van der Waals surface area contributed by atoms with Gasteiger partial charge in [-0.25, -0.2) is 0 Å². The molecule has 2 aromatic rings. The molecule has 0 atom stereocenters. The number of aryl methyl sites for hydroxylation is 1. The van der Waals surface area contributed by atoms with Gasteiger partial charge in [0, 0.05) is 22.0 Å². The first-order valence-corrected chi connectivity index (χ1v) is 7.03. The second-order valence-electron chi connectivity index (χ2n) is 4.81. The molecule has 2 aromatic carbocycles. The molecule has 0 aromatic heterocycles. The van der Waals surface area contributed by atoms with Crippen molar-refractivity contribution in [3.8, 4) is 0 Å². The van der Waals surface area contributed by atoms with E-state index in [1.165, 1.54) is 6.07 Å². The second-order valence-corrected chi connectivity index (χ2v) is 5.24. The van der Waals surface area contributed by atoms with Crippen LogP contribution in [-0.2, 0) is 4.79 Å². The summed E-state index contributed by atoms with van der Waals surface area (Å²) in [5.41, 5.74) is 7.86. The number of amides is 2. The number of nitrogens with one attached hydrogen (secondary N) is 2. The molecule has 2 amide bonds. The summed E-state index contributed by atoms with van der Waals surface area (Å²) < 4.78 is 0. The summed E-state index contributed by atoms with van der Waals surface area (Å²) in [5, 5.41) is 6.32. The Morgan fingerprint density at radius 2 is 1.95 bits per heavy atom. The van der Waals surface area contributed by atoms with Crippen LogP contribution in [0.3, 0.4) is 0 Å². The van der Waals surface area contributed by atoms with Crippen LogP contribution < -0.4 is 16.4 Å². The molecule has 114 valence electrons. The molecular formula is C16H16ClN3O2. The molecular weight excluding hydrogens is 302 g/mol. The van der Waals surface area contributed by atoms with Crippen LogP contribution in [0.2, 0.25) is 5.02 Å². The molecule has 2 rings (SSSR count). The average Bonchev–Trinajstić information content (AvgIpc) is 2.48. The van der Waals surface area contributed by atoms with Crippen LogP contribution in [0.25, 0.3) is 0 Å². The number of rotatable bonds is 5. The lowest BCUT2D eigenvalue weighted by molar-refractivity contribution is -0.114. The van der Waals surface area contributed by atoms with Gasteiger partial charge >= 0.3 is 0 Å². The average molecular weight is 318 g/mol. The Morgan fingerprint density at radius 3 is 2.68 bits per heavy atom. The monoisotopic (exact) mass is 317 g/mol. The quantitative estimate of drug-likeness (QED) is 0.792. The zero-order valence-electron chi connectivity index (χ0n) is 12.0. The number of hydrogen-bond acceptors (Lipinski definition) is 3. The normalized spacial score (nSPS) is 10.1. The lowest BCUT2D eigenvalue weighted by atomic mass is 10.2. The van der Waals surface area contributed by atoms with Gasteiger partial charge in [0.1, 0.15) is 0 Å². The number of carbonyl (C=O) groups is 2. The van der Waals surface area contributed by atoms with Crippen molar-refractivity contribution in [2.75, 3.05) is 17.2 Å². The third kappa shape index (κ3) is 4.23. The Hall–Kier alpha value is -2.53. The van der Waals surface area contributed by atoms with E-state index in [0.717, 1.165) is 11.3 Å². The van der Waals surface area contributed by atoms with E-state index in [-0.39, 0.29) is 12.5 Å². The van der Waals surface area contributed by atoms with Crippen molar-refractivity contribution < 1.29 is 9.59 Å². The van der Waals surface area contributed by atoms with Gasteiger partial charge in [0.25, 0.3) is 0 Å². The Morgan fingerprint density at radius 1 is 1.18 bits per heavy atom. The summed E-state index contributed by atoms with van der Waals surface area (Å²) in [6.07, 6.45) is 0. The maximum absolute atomic E-state index is 11.9. The van der Waals surface area contributed by atoms with Crippen LogP contribution in [0.5, 0.6) is 0 Å². The molecule has 0 aliphatic heterocycles. The van der Waals surface area contributed by atoms with Crippen LogP contribution in [0, 0.1) is 6.92 Å². The van der Waals surface area contributed by atoms with Gasteiger partial charge in [0.05, 0.1) is 6.54 Å². The predicted molar refractivity (Wildman–Crippen MR) is 88.3 cm³/mol. The molecule has 0 aliphatic carbocycles. The van der Waals surface area contributed by atoms with E-state index >= 15 is 0 Å². The predicted octanol–water partition coefficient (Wildman–Crippen LogP) is 2.80. The van der Waals surface area contributed by atoms with Crippen molar-refractivity contribution in [1.82, 2.24) is 0 Å². The number of halogens is 1. The molecule has 0 heterocycles. The molecule has 4 N–H and O–H groups in total. The number of nitrogens with two attached hydrogens (primary N) is 1. The van der Waals surface area contributed by atoms with Gasteiger partial charge in [0.2, 0.25) is 11.8 Å². The molecule has 0 radical (unpaired) electrons. The van der Waals surface area contributed by atoms with Crippen molar-refractivity contribution in [2.45, 2.75) is 6.92 Å². The number of carbonyl (C=O) groups excluding carboxylic acids is 2. The van der Waals surface area contributed by atoms with Gasteiger partial charge in [0.15, 0.2) is 0 Å². The van der Waals surface area contributed by atoms with Gasteiger partial charge in [-0.05, 0) is 42.8 Å². The number of hydrogen-bond donors (Lipinski definition) is 3. The van der Waals surface area contributed by atoms with Crippen molar-refractivity contribution in [1.29, 1.82) is 0 Å². The minimum atomic E-state index is -0.538. The van der Waals surface area contributed by atoms with Crippen molar-refractivity contribution in [3.63, 3.8) is 0 Å². The van der Waals surface area contributed by atoms with Gasteiger partial charge < -0.3 is 16.4 Å². The van der Waals surface area contributed by atoms with Gasteiger partial charge in [-0.3, -0.25) is 9.59 Å². The van der Waals surface area contributed by atoms with Crippen LogP contribution >= 0.6 is 11.6 Å². The number of anilines is 2. The van der Waals surface area contributed by atoms with E-state index in [0.29, 0.717) is 16.3 Å². The topological polar surface area (TPSA) is 84.2 Å². The van der Waals surface area contributed by atoms with Crippen LogP contribution in [0.4, 0.5) is 11.4 Å². The zero-order chi connectivity index (χ0) is 16.1. The van der Waals surface area contributed by atoms with E-state index in [1.54, 1.807) is 30.3 Å². The van der Waals surface area contributed by atoms with E-state index in [1.807, 2.05) is 13.0 Å². The van der Waals surface area contributed by atoms with E-state index in [9.17, 15) is 9.59 Å². The Balaban J connectivity index is 1.97. The summed E-state index contributed by atoms with van der Waals surface area (Å²) in [5.74, 6) is -0.773. The largest absolute Gasteiger partial charge is 0.376 e. The smallest absolute Gasteiger partial charge is 0.248 e. The van der Waals surface area contributed by atoms with E-state index in [2.05, 4.69) is 10.6 Å². The van der Waals surface area contributed by atoms with Crippen molar-refractivity contribution in [2.24, 2.45) is 5.73 Å². The van der Waals surface area contributed by atoms with Crippen LogP contribution in [0.15, 0.2) is 42.5 Å². The number of benzene rings is 2. The zero-order valence-corrected chi connectivity index (χ0v) is 12.8. The van der Waals surface area contributed by atoms with Crippen molar-refractivity contribution >= 4 is 34.8 Å². The summed E-state index contributed by atoms with van der Waals surface area (Å²) in [4.78, 5) is 23.0. The molecule has 0 aliphatic rings. The lowest BCUT2D eigenvalue weighted by Crippen LogP contribution is -2.22. The lowest BCUT2D eigenvalue weighted by Gasteiger charge is -2.10. The summed E-state index contributed by atoms with van der Waals surface area (Å²) >= 11 is 5.92. The molecule has 0 saturated heterocycles. The highest BCUT2D eigenvalue weighted by Gasteiger charge is 2.06. The molecule has 0 bridgehead atoms. The fraction of sp³-hybridized carbons (Fsp3) is 0.125. The minimum absolute atomic E-state index is 0.0853. The highest BCUT2D eigenvalue weighted by molar-refractivity contribution is 6.30. The first-order chi connectivity index (χ1) is 10.5. The molecule has 0 unspecified atom stereocenters. The molecule has 22 heavy (non-hydrogen) atoms. The van der Waals surface area contributed by atoms with Crippen molar-refractivity contribution in [3.05, 3.63) is 58.6 Å². The standard InChI is InChI=1S/C16H16ClN3O2/c1-10-5-6-12(17)8-14(10)19-9-15(21)20-13-4-2-3-11(7-13)16(18)22/h2-8,19H,9H2,1H3,(H2,18,22)(H,20,21). The maximum atomic E-state index is 11.9. The van der Waals surface area contributed by atoms with Gasteiger partial charge in [-0.15, -0.1) is 0 Å². The molecule has 6 heteroatoms. The summed E-state index contributed by atoms with van der Waals surface area (Å²) in [7, 11) is 0. The SMILES string of the molecule is Cc1ccc(Cl)cc1NCC(=O)Nc1cccc(C(N)=O)c1. The first-order valence-electron chi connectivity index (χ1n) is 6.65. The molecule has 5 nitrogen and oxygen atoms in total. The number of primary amides is 1. The summed E-state index contributed by atoms with van der Waals surface area (Å²) in [6, 6.07) is 11.9. The summed E-state index contributed by atoms with van der Waals surface area (Å²) in [6.45, 7) is 2.01.